The topological polar surface area (TPSA) is 43.4 Å². The predicted molar refractivity (Wildman–Crippen MR) is 94.1 cm³/mol. The first kappa shape index (κ1) is 17.2. The van der Waals surface area contributed by atoms with E-state index >= 15 is 0 Å². The van der Waals surface area contributed by atoms with Gasteiger partial charge >= 0.3 is 5.97 Å². The van der Waals surface area contributed by atoms with Crippen LogP contribution in [0.5, 0.6) is 5.75 Å². The molecular formula is C21H28O3. The predicted octanol–water partition coefficient (Wildman–Crippen LogP) is 4.67. The molecule has 0 aromatic heterocycles. The van der Waals surface area contributed by atoms with Gasteiger partial charge in [-0.25, -0.2) is 0 Å². The molecule has 0 aliphatic heterocycles. The Bertz CT molecular complexity index is 636. The van der Waals surface area contributed by atoms with Crippen LogP contribution in [-0.4, -0.2) is 12.3 Å². The molecule has 0 saturated heterocycles. The summed E-state index contributed by atoms with van der Waals surface area (Å²) in [5.41, 5.74) is 2.57. The van der Waals surface area contributed by atoms with Gasteiger partial charge in [0.15, 0.2) is 0 Å². The molecule has 1 saturated carbocycles. The maximum absolute atomic E-state index is 11.8. The van der Waals surface area contributed by atoms with Gasteiger partial charge in [0.2, 0.25) is 0 Å². The molecule has 0 bridgehead atoms. The van der Waals surface area contributed by atoms with Gasteiger partial charge in [0.05, 0.1) is 0 Å². The Morgan fingerprint density at radius 2 is 2.17 bits per heavy atom. The molecule has 1 aromatic carbocycles. The van der Waals surface area contributed by atoms with Crippen molar-refractivity contribution in [2.75, 3.05) is 0 Å². The quantitative estimate of drug-likeness (QED) is 0.458. The second kappa shape index (κ2) is 6.70. The summed E-state index contributed by atoms with van der Waals surface area (Å²) in [6.07, 6.45) is 7.71. The zero-order chi connectivity index (χ0) is 17.3. The van der Waals surface area contributed by atoms with Crippen LogP contribution >= 0.6 is 0 Å². The van der Waals surface area contributed by atoms with E-state index in [1.54, 1.807) is 0 Å². The fourth-order valence-electron chi connectivity index (χ4n) is 5.14. The van der Waals surface area contributed by atoms with E-state index in [9.17, 15) is 9.59 Å². The molecule has 2 aliphatic carbocycles. The van der Waals surface area contributed by atoms with Crippen LogP contribution in [0.2, 0.25) is 0 Å². The van der Waals surface area contributed by atoms with Crippen molar-refractivity contribution >= 4 is 12.3 Å². The average Bonchev–Trinajstić information content (AvgIpc) is 2.56. The molecule has 0 N–H and O–H groups in total. The number of aryl methyl sites for hydroxylation is 1. The van der Waals surface area contributed by atoms with Crippen molar-refractivity contribution in [1.82, 2.24) is 0 Å². The van der Waals surface area contributed by atoms with E-state index in [4.69, 9.17) is 4.74 Å². The molecule has 0 unspecified atom stereocenters. The summed E-state index contributed by atoms with van der Waals surface area (Å²) < 4.78 is 5.24. The van der Waals surface area contributed by atoms with Gasteiger partial charge in [-0.2, -0.15) is 0 Å². The van der Waals surface area contributed by atoms with E-state index in [0.717, 1.165) is 38.5 Å². The van der Waals surface area contributed by atoms with E-state index in [1.165, 1.54) is 24.3 Å². The highest BCUT2D eigenvalue weighted by Crippen LogP contribution is 2.55. The third-order valence-electron chi connectivity index (χ3n) is 6.27. The highest BCUT2D eigenvalue weighted by Gasteiger charge is 2.47. The third-order valence-corrected chi connectivity index (χ3v) is 6.27. The van der Waals surface area contributed by atoms with Crippen LogP contribution in [0.25, 0.3) is 0 Å². The minimum atomic E-state index is -0.272. The average molecular weight is 328 g/mol. The van der Waals surface area contributed by atoms with Gasteiger partial charge in [0.25, 0.3) is 0 Å². The van der Waals surface area contributed by atoms with Crippen molar-refractivity contribution in [1.29, 1.82) is 0 Å². The van der Waals surface area contributed by atoms with Gasteiger partial charge in [-0.1, -0.05) is 26.3 Å². The van der Waals surface area contributed by atoms with Crippen LogP contribution in [0.15, 0.2) is 18.2 Å². The molecular weight excluding hydrogens is 300 g/mol. The lowest BCUT2D eigenvalue weighted by atomic mass is 9.54. The summed E-state index contributed by atoms with van der Waals surface area (Å²) in [6.45, 7) is 5.82. The van der Waals surface area contributed by atoms with Crippen molar-refractivity contribution in [2.45, 2.75) is 65.2 Å². The van der Waals surface area contributed by atoms with E-state index in [2.05, 4.69) is 19.9 Å². The van der Waals surface area contributed by atoms with Crippen LogP contribution in [0.1, 0.15) is 69.9 Å². The second-order valence-electron chi connectivity index (χ2n) is 7.82. The lowest BCUT2D eigenvalue weighted by Gasteiger charge is -2.50. The SMILES string of the molecule is CCC[C@H]1[C@@H]2CCc3cc(OC(C)=O)ccc3[C@H]2CC[C@]1(C)C=O. The van der Waals surface area contributed by atoms with Gasteiger partial charge < -0.3 is 9.53 Å². The minimum absolute atomic E-state index is 0.160. The van der Waals surface area contributed by atoms with Gasteiger partial charge in [-0.15, -0.1) is 0 Å². The molecule has 4 atom stereocenters. The lowest BCUT2D eigenvalue weighted by molar-refractivity contribution is -0.131. The largest absolute Gasteiger partial charge is 0.427 e. The van der Waals surface area contributed by atoms with Crippen LogP contribution in [0.4, 0.5) is 0 Å². The molecule has 0 radical (unpaired) electrons. The Morgan fingerprint density at radius 1 is 1.38 bits per heavy atom. The van der Waals surface area contributed by atoms with Crippen LogP contribution in [-0.2, 0) is 16.0 Å². The summed E-state index contributed by atoms with van der Waals surface area (Å²) in [4.78, 5) is 23.0. The zero-order valence-electron chi connectivity index (χ0n) is 15.0. The first-order valence-corrected chi connectivity index (χ1v) is 9.26. The van der Waals surface area contributed by atoms with Crippen LogP contribution in [0.3, 0.4) is 0 Å². The van der Waals surface area contributed by atoms with Gasteiger partial charge in [-0.05, 0) is 73.1 Å². The van der Waals surface area contributed by atoms with E-state index in [1.807, 2.05) is 12.1 Å². The molecule has 1 aromatic rings. The number of hydrogen-bond donors (Lipinski definition) is 0. The van der Waals surface area contributed by atoms with Gasteiger partial charge in [0, 0.05) is 12.3 Å². The molecule has 1 fully saturated rings. The van der Waals surface area contributed by atoms with E-state index < -0.39 is 0 Å². The molecule has 3 rings (SSSR count). The number of esters is 1. The smallest absolute Gasteiger partial charge is 0.308 e. The van der Waals surface area contributed by atoms with Crippen molar-refractivity contribution in [3.8, 4) is 5.75 Å². The van der Waals surface area contributed by atoms with Crippen LogP contribution < -0.4 is 4.74 Å². The standard InChI is InChI=1S/C21H28O3/c1-4-5-20-19-8-6-15-12-16(24-14(2)23)7-9-17(15)18(19)10-11-21(20,3)13-22/h7,9,12-13,18-20H,4-6,8,10-11H2,1-3H3/t18-,19-,20+,21-/m1/s1. The number of benzene rings is 1. The highest BCUT2D eigenvalue weighted by molar-refractivity contribution is 5.69. The first-order valence-electron chi connectivity index (χ1n) is 9.26. The number of fused-ring (bicyclic) bond motifs is 3. The van der Waals surface area contributed by atoms with Crippen molar-refractivity contribution < 1.29 is 14.3 Å². The molecule has 0 spiro atoms. The van der Waals surface area contributed by atoms with E-state index in [-0.39, 0.29) is 11.4 Å². The number of carbonyl (C=O) groups excluding carboxylic acids is 2. The molecule has 130 valence electrons. The normalized spacial score (nSPS) is 31.7. The summed E-state index contributed by atoms with van der Waals surface area (Å²) >= 11 is 0. The summed E-state index contributed by atoms with van der Waals surface area (Å²) in [6, 6.07) is 6.11. The second-order valence-corrected chi connectivity index (χ2v) is 7.82. The molecule has 0 heterocycles. The Morgan fingerprint density at radius 3 is 2.83 bits per heavy atom. The Balaban J connectivity index is 1.90. The summed E-state index contributed by atoms with van der Waals surface area (Å²) in [7, 11) is 0. The van der Waals surface area contributed by atoms with Crippen LogP contribution in [0, 0.1) is 17.3 Å². The van der Waals surface area contributed by atoms with Gasteiger partial charge in [-0.3, -0.25) is 4.79 Å². The van der Waals surface area contributed by atoms with E-state index in [0.29, 0.717) is 23.5 Å². The molecule has 0 amide bonds. The molecule has 24 heavy (non-hydrogen) atoms. The fraction of sp³-hybridized carbons (Fsp3) is 0.619. The van der Waals surface area contributed by atoms with Gasteiger partial charge in [0.1, 0.15) is 12.0 Å². The van der Waals surface area contributed by atoms with Crippen molar-refractivity contribution in [3.05, 3.63) is 29.3 Å². The Kier molecular flexibility index (Phi) is 4.80. The minimum Gasteiger partial charge on any atom is -0.427 e. The monoisotopic (exact) mass is 328 g/mol. The Hall–Kier alpha value is -1.64. The lowest BCUT2D eigenvalue weighted by Crippen LogP contribution is -2.43. The van der Waals surface area contributed by atoms with Crippen molar-refractivity contribution in [3.63, 3.8) is 0 Å². The number of hydrogen-bond acceptors (Lipinski definition) is 3. The number of ether oxygens (including phenoxy) is 1. The summed E-state index contributed by atoms with van der Waals surface area (Å²) in [5, 5.41) is 0. The fourth-order valence-corrected chi connectivity index (χ4v) is 5.14. The van der Waals surface area contributed by atoms with Crippen molar-refractivity contribution in [2.24, 2.45) is 17.3 Å². The highest BCUT2D eigenvalue weighted by atomic mass is 16.5. The maximum Gasteiger partial charge on any atom is 0.308 e. The number of rotatable bonds is 4. The zero-order valence-corrected chi connectivity index (χ0v) is 15.0. The molecule has 2 aliphatic rings. The number of aldehydes is 1. The first-order chi connectivity index (χ1) is 11.5. The maximum atomic E-state index is 11.8. The third kappa shape index (κ3) is 3.01. The Labute approximate surface area is 144 Å². The summed E-state index contributed by atoms with van der Waals surface area (Å²) in [5.74, 6) is 2.01. The molecule has 3 heteroatoms. The number of carbonyl (C=O) groups is 2. The molecule has 3 nitrogen and oxygen atoms in total.